The van der Waals surface area contributed by atoms with Crippen LogP contribution in [0.1, 0.15) is 0 Å². The maximum atomic E-state index is 2.49. The van der Waals surface area contributed by atoms with Gasteiger partial charge >= 0.3 is 245 Å². The van der Waals surface area contributed by atoms with Gasteiger partial charge in [-0.15, -0.1) is 0 Å². The summed E-state index contributed by atoms with van der Waals surface area (Å²) in [5, 5.41) is 0. The average molecular weight is 843 g/mol. The molecule has 0 nitrogen and oxygen atoms in total. The van der Waals surface area contributed by atoms with Crippen molar-refractivity contribution in [2.75, 3.05) is 0 Å². The molecule has 6 radical (unpaired) electrons. The summed E-state index contributed by atoms with van der Waals surface area (Å²) in [6, 6.07) is 0. The van der Waals surface area contributed by atoms with Gasteiger partial charge in [0.2, 0.25) is 0 Å². The van der Waals surface area contributed by atoms with E-state index in [1.165, 1.54) is 0 Å². The number of rotatable bonds is 6. The van der Waals surface area contributed by atoms with Crippen molar-refractivity contribution in [1.29, 1.82) is 0 Å². The third kappa shape index (κ3) is 19.0. The minimum atomic E-state index is -0.812. The van der Waals surface area contributed by atoms with Gasteiger partial charge in [0.05, 0.1) is 0 Å². The van der Waals surface area contributed by atoms with Gasteiger partial charge in [0.15, 0.2) is 0 Å². The molecular weight excluding hydrogens is 786 g/mol. The summed E-state index contributed by atoms with van der Waals surface area (Å²) in [6.45, 7) is 44.9. The van der Waals surface area contributed by atoms with E-state index in [9.17, 15) is 0 Å². The molecule has 0 heterocycles. The standard InChI is InChI=1S/3C7H19Si2.3Sb/c3*1-8(2,3)7-9(4,5)6;;;/h3*7H,1-6H3;;;. The van der Waals surface area contributed by atoms with Gasteiger partial charge in [-0.05, 0) is 0 Å². The summed E-state index contributed by atoms with van der Waals surface area (Å²) in [6.07, 6.45) is 0. The Hall–Kier alpha value is 3.76. The molecule has 0 saturated heterocycles. The fourth-order valence-corrected chi connectivity index (χ4v) is 35.1. The van der Waals surface area contributed by atoms with Crippen LogP contribution in [0.5, 0.6) is 0 Å². The Morgan fingerprint density at radius 1 is 0.267 bits per heavy atom. The Balaban J connectivity index is -0.000000364. The molecule has 0 spiro atoms. The first-order valence-electron chi connectivity index (χ1n) is 11.5. The van der Waals surface area contributed by atoms with E-state index in [0.29, 0.717) is 0 Å². The van der Waals surface area contributed by atoms with Gasteiger partial charge in [0.25, 0.3) is 0 Å². The summed E-state index contributed by atoms with van der Waals surface area (Å²) in [5.41, 5.74) is 0. The molecule has 0 rings (SSSR count). The van der Waals surface area contributed by atoms with E-state index >= 15 is 0 Å². The fourth-order valence-electron chi connectivity index (χ4n) is 3.90. The van der Waals surface area contributed by atoms with E-state index < -0.39 is 48.4 Å². The van der Waals surface area contributed by atoms with Crippen LogP contribution in [0.2, 0.25) is 127 Å². The molecule has 0 aliphatic carbocycles. The summed E-state index contributed by atoms with van der Waals surface area (Å²) in [7, 11) is -4.87. The normalized spacial score (nSPS) is 14.4. The SMILES string of the molecule is C[Si](C)(C)[CH]([Sb])[Si](C)(C)C.C[Si](C)(C)[CH]([Sb])[Si](C)(C)C.C[Si](C)(C)[CH]([Sb])[Si](C)(C)C. The van der Waals surface area contributed by atoms with E-state index in [1.807, 2.05) is 0 Å². The molecule has 0 bridgehead atoms. The van der Waals surface area contributed by atoms with Crippen molar-refractivity contribution in [3.05, 3.63) is 0 Å². The minimum absolute atomic E-state index is 0.812. The van der Waals surface area contributed by atoms with Gasteiger partial charge < -0.3 is 0 Å². The van der Waals surface area contributed by atoms with Gasteiger partial charge in [-0.25, -0.2) is 0 Å². The van der Waals surface area contributed by atoms with Crippen LogP contribution in [0.3, 0.4) is 0 Å². The van der Waals surface area contributed by atoms with E-state index in [0.717, 1.165) is 9.33 Å². The van der Waals surface area contributed by atoms with E-state index in [-0.39, 0.29) is 0 Å². The topological polar surface area (TPSA) is 0 Å². The van der Waals surface area contributed by atoms with Gasteiger partial charge in [-0.3, -0.25) is 0 Å². The number of hydrogen-bond acceptors (Lipinski definition) is 0. The molecular formula is C21H57Sb3Si6. The van der Waals surface area contributed by atoms with Gasteiger partial charge in [0.1, 0.15) is 0 Å². The second-order valence-corrected chi connectivity index (χ2v) is 62.1. The predicted molar refractivity (Wildman–Crippen MR) is 169 cm³/mol. The van der Waals surface area contributed by atoms with Crippen molar-refractivity contribution in [2.24, 2.45) is 0 Å². The average Bonchev–Trinajstić information content (AvgIpc) is 2.40. The molecule has 0 atom stereocenters. The first-order valence-corrected chi connectivity index (χ1v) is 37.4. The van der Waals surface area contributed by atoms with Crippen LogP contribution in [0.4, 0.5) is 0 Å². The molecule has 180 valence electrons. The molecule has 0 fully saturated rings. The zero-order valence-electron chi connectivity index (χ0n) is 24.1. The molecule has 0 aromatic carbocycles. The molecule has 0 saturated carbocycles. The third-order valence-electron chi connectivity index (χ3n) is 4.92. The Morgan fingerprint density at radius 3 is 0.333 bits per heavy atom. The van der Waals surface area contributed by atoms with Crippen molar-refractivity contribution in [3.8, 4) is 0 Å². The molecule has 30 heavy (non-hydrogen) atoms. The predicted octanol–water partition coefficient (Wildman–Crippen LogP) is 8.09. The van der Waals surface area contributed by atoms with Crippen molar-refractivity contribution in [3.63, 3.8) is 0 Å². The molecule has 0 unspecified atom stereocenters. The van der Waals surface area contributed by atoms with Crippen LogP contribution in [-0.2, 0) is 0 Å². The zero-order valence-corrected chi connectivity index (χ0v) is 37.7. The van der Waals surface area contributed by atoms with Gasteiger partial charge in [-0.1, -0.05) is 0 Å². The van der Waals surface area contributed by atoms with Crippen LogP contribution >= 0.6 is 0 Å². The van der Waals surface area contributed by atoms with Crippen molar-refractivity contribution >= 4 is 118 Å². The fraction of sp³-hybridized carbons (Fsp3) is 1.00. The quantitative estimate of drug-likeness (QED) is 0.238. The first kappa shape index (κ1) is 38.3. The van der Waals surface area contributed by atoms with Crippen LogP contribution in [0.25, 0.3) is 0 Å². The zero-order chi connectivity index (χ0) is 25.7. The number of hydrogen-bond donors (Lipinski definition) is 0. The molecule has 0 aromatic heterocycles. The van der Waals surface area contributed by atoms with Gasteiger partial charge in [-0.2, -0.15) is 0 Å². The summed E-state index contributed by atoms with van der Waals surface area (Å²) < 4.78 is 3.27. The molecule has 0 aliphatic rings. The first-order chi connectivity index (χ1) is 12.5. The summed E-state index contributed by atoms with van der Waals surface area (Å²) >= 11 is 6.26. The molecule has 9 heteroatoms. The third-order valence-corrected chi connectivity index (χ3v) is 70.1. The Kier molecular flexibility index (Phi) is 17.7. The van der Waals surface area contributed by atoms with Crippen LogP contribution in [0.15, 0.2) is 0 Å². The van der Waals surface area contributed by atoms with Crippen molar-refractivity contribution < 1.29 is 0 Å². The van der Waals surface area contributed by atoms with E-state index in [2.05, 4.69) is 187 Å². The van der Waals surface area contributed by atoms with Crippen LogP contribution < -0.4 is 0 Å². The molecule has 0 aliphatic heterocycles. The Labute approximate surface area is 241 Å². The van der Waals surface area contributed by atoms with E-state index in [4.69, 9.17) is 0 Å². The van der Waals surface area contributed by atoms with Crippen molar-refractivity contribution in [2.45, 2.75) is 127 Å². The molecule has 0 amide bonds. The van der Waals surface area contributed by atoms with E-state index in [1.54, 1.807) is 0 Å². The summed E-state index contributed by atoms with van der Waals surface area (Å²) in [5.74, 6) is 0. The Bertz CT molecular complexity index is 359. The maximum absolute atomic E-state index is 2.49. The van der Waals surface area contributed by atoms with Crippen molar-refractivity contribution in [1.82, 2.24) is 0 Å². The monoisotopic (exact) mass is 840 g/mol. The van der Waals surface area contributed by atoms with Gasteiger partial charge in [0, 0.05) is 0 Å². The second-order valence-electron chi connectivity index (χ2n) is 15.4. The second kappa shape index (κ2) is 13.9. The van der Waals surface area contributed by atoms with Crippen LogP contribution in [0, 0.1) is 0 Å². The molecule has 0 N–H and O–H groups in total. The summed E-state index contributed by atoms with van der Waals surface area (Å²) in [4.78, 5) is 0. The molecule has 0 aromatic rings. The Morgan fingerprint density at radius 2 is 0.333 bits per heavy atom. The van der Waals surface area contributed by atoms with Crippen LogP contribution in [-0.4, -0.2) is 118 Å².